The highest BCUT2D eigenvalue weighted by molar-refractivity contribution is 6.75. The molecule has 6 aliphatic rings. The first kappa shape index (κ1) is 39.6. The highest BCUT2D eigenvalue weighted by atomic mass is 28.4. The van der Waals surface area contributed by atoms with Gasteiger partial charge in [-0.15, -0.1) is 0 Å². The predicted octanol–water partition coefficient (Wildman–Crippen LogP) is 9.78. The Bertz CT molecular complexity index is 3580. The average Bonchev–Trinajstić information content (AvgIpc) is 3.99. The fourth-order valence-electron chi connectivity index (χ4n) is 11.7. The number of benzene rings is 6. The Kier molecular flexibility index (Phi) is 8.10. The van der Waals surface area contributed by atoms with Crippen LogP contribution in [0.25, 0.3) is 33.4 Å². The molecule has 0 spiro atoms. The van der Waals surface area contributed by atoms with Crippen LogP contribution in [0, 0.1) is 5.92 Å². The first-order valence-corrected chi connectivity index (χ1v) is 31.5. The van der Waals surface area contributed by atoms with Crippen LogP contribution in [0.5, 0.6) is 0 Å². The second-order valence-electron chi connectivity index (χ2n) is 21.1. The van der Waals surface area contributed by atoms with Crippen LogP contribution < -0.4 is 37.0 Å². The molecule has 316 valence electrons. The lowest BCUT2D eigenvalue weighted by atomic mass is 9.74. The van der Waals surface area contributed by atoms with Gasteiger partial charge in [0.1, 0.15) is 0 Å². The van der Waals surface area contributed by atoms with Crippen LogP contribution >= 0.6 is 0 Å². The molecular formula is C54H53N7Si3. The fourth-order valence-corrected chi connectivity index (χ4v) is 16.5. The Balaban J connectivity index is 1.09. The van der Waals surface area contributed by atoms with Crippen molar-refractivity contribution in [3.63, 3.8) is 0 Å². The van der Waals surface area contributed by atoms with E-state index in [0.29, 0.717) is 11.8 Å². The largest absolute Gasteiger partial charge is 0.304 e. The van der Waals surface area contributed by atoms with E-state index < -0.39 is 25.2 Å². The van der Waals surface area contributed by atoms with Crippen molar-refractivity contribution in [1.82, 2.24) is 0 Å². The molecular weight excluding hydrogens is 831 g/mol. The molecule has 0 fully saturated rings. The van der Waals surface area contributed by atoms with Gasteiger partial charge in [0.05, 0.1) is 49.2 Å². The highest BCUT2D eigenvalue weighted by Gasteiger charge is 2.45. The Hall–Kier alpha value is -5.95. The zero-order valence-corrected chi connectivity index (χ0v) is 41.4. The predicted molar refractivity (Wildman–Crippen MR) is 266 cm³/mol. The average molecular weight is 884 g/mol. The summed E-state index contributed by atoms with van der Waals surface area (Å²) in [5.74, 6) is 0.803. The highest BCUT2D eigenvalue weighted by Crippen LogP contribution is 2.54. The summed E-state index contributed by atoms with van der Waals surface area (Å²) in [6, 6.07) is 38.5. The van der Waals surface area contributed by atoms with Gasteiger partial charge in [0, 0.05) is 22.5 Å². The smallest absolute Gasteiger partial charge is 0.298 e. The SMILES string of the molecule is CC1(C)c2ccccc2-c2cc(-c3ccc(N(c4cccc5c4=N[Si](C)(C)N=5)c4ccc(-c5ccc6c(c5)C5C=CC=CC5C6(C)C)c5c4=N[Si](C)(C)N=5)c4c3=N[Si](C)(C)N=4)ccc21. The van der Waals surface area contributed by atoms with E-state index in [1.165, 1.54) is 38.9 Å². The molecule has 6 aromatic rings. The lowest BCUT2D eigenvalue weighted by Crippen LogP contribution is -2.38. The van der Waals surface area contributed by atoms with Crippen LogP contribution in [0.4, 0.5) is 17.1 Å². The molecule has 0 saturated heterocycles. The number of anilines is 3. The summed E-state index contributed by atoms with van der Waals surface area (Å²) < 4.78 is 32.9. The zero-order valence-electron chi connectivity index (χ0n) is 38.4. The first-order valence-electron chi connectivity index (χ1n) is 22.8. The number of rotatable bonds is 5. The standard InChI is InChI=1S/C54H53N7Si3/c1-53(2)40-18-13-11-16-36(40)38-30-32(22-26-42(38)53)34-24-28-46(51-48(34)56-63(7,8)59-51)61(45-21-15-20-44-50(45)58-62(5,6)55-44)47-29-25-35(49-52(47)60-64(9,10)57-49)33-23-27-43-39(31-33)37-17-12-14-19-41(37)54(43,3)4/h11-31,36,40H,1-10H3. The van der Waals surface area contributed by atoms with Crippen molar-refractivity contribution in [1.29, 1.82) is 0 Å². The van der Waals surface area contributed by atoms with E-state index in [1.807, 2.05) is 0 Å². The summed E-state index contributed by atoms with van der Waals surface area (Å²) in [7, 11) is -7.08. The molecule has 0 radical (unpaired) electrons. The van der Waals surface area contributed by atoms with Gasteiger partial charge in [0.25, 0.3) is 25.2 Å². The summed E-state index contributed by atoms with van der Waals surface area (Å²) in [6.07, 6.45) is 9.21. The molecule has 10 heteroatoms. The van der Waals surface area contributed by atoms with E-state index in [2.05, 4.69) is 199 Å². The van der Waals surface area contributed by atoms with Crippen LogP contribution in [0.3, 0.4) is 0 Å². The van der Waals surface area contributed by atoms with E-state index in [-0.39, 0.29) is 10.8 Å². The monoisotopic (exact) mass is 883 g/mol. The van der Waals surface area contributed by atoms with Crippen LogP contribution in [-0.2, 0) is 10.8 Å². The Morgan fingerprint density at radius 2 is 1.00 bits per heavy atom. The molecule has 12 rings (SSSR count). The van der Waals surface area contributed by atoms with Crippen molar-refractivity contribution in [3.8, 4) is 33.4 Å². The molecule has 0 bridgehead atoms. The topological polar surface area (TPSA) is 77.4 Å². The molecule has 2 unspecified atom stereocenters. The van der Waals surface area contributed by atoms with Gasteiger partial charge in [-0.1, -0.05) is 125 Å². The van der Waals surface area contributed by atoms with Gasteiger partial charge >= 0.3 is 0 Å². The quantitative estimate of drug-likeness (QED) is 0.159. The van der Waals surface area contributed by atoms with E-state index in [4.69, 9.17) is 27.9 Å². The van der Waals surface area contributed by atoms with Gasteiger partial charge in [0.15, 0.2) is 0 Å². The summed E-state index contributed by atoms with van der Waals surface area (Å²) in [4.78, 5) is 2.37. The second kappa shape index (κ2) is 13.1. The van der Waals surface area contributed by atoms with Gasteiger partial charge in [0.2, 0.25) is 0 Å². The minimum atomic E-state index is -2.42. The number of allylic oxidation sites excluding steroid dienone is 4. The molecule has 0 saturated carbocycles. The number of hydrogen-bond donors (Lipinski definition) is 0. The lowest BCUT2D eigenvalue weighted by molar-refractivity contribution is 0.394. The van der Waals surface area contributed by atoms with Crippen molar-refractivity contribution in [2.24, 2.45) is 33.9 Å². The molecule has 6 aromatic carbocycles. The third-order valence-corrected chi connectivity index (χ3v) is 19.2. The molecule has 3 heterocycles. The second-order valence-corrected chi connectivity index (χ2v) is 31.4. The maximum atomic E-state index is 5.60. The maximum absolute atomic E-state index is 5.60. The van der Waals surface area contributed by atoms with Gasteiger partial charge in [-0.3, -0.25) is 27.9 Å². The number of fused-ring (bicyclic) bond motifs is 9. The van der Waals surface area contributed by atoms with E-state index in [9.17, 15) is 0 Å². The summed E-state index contributed by atoms with van der Waals surface area (Å²) in [6.45, 7) is 22.8. The summed E-state index contributed by atoms with van der Waals surface area (Å²) in [5, 5.41) is 5.67. The normalized spacial score (nSPS) is 21.6. The molecule has 7 nitrogen and oxygen atoms in total. The van der Waals surface area contributed by atoms with Gasteiger partial charge in [-0.05, 0) is 125 Å². The zero-order chi connectivity index (χ0) is 44.3. The first-order chi connectivity index (χ1) is 30.4. The minimum Gasteiger partial charge on any atom is -0.304 e. The maximum Gasteiger partial charge on any atom is 0.298 e. The molecule has 0 aromatic heterocycles. The molecule has 0 amide bonds. The van der Waals surface area contributed by atoms with Gasteiger partial charge < -0.3 is 4.90 Å². The molecule has 64 heavy (non-hydrogen) atoms. The summed E-state index contributed by atoms with van der Waals surface area (Å²) >= 11 is 0. The van der Waals surface area contributed by atoms with E-state index in [0.717, 1.165) is 65.9 Å². The number of nitrogens with zero attached hydrogens (tertiary/aromatic N) is 7. The molecule has 3 aliphatic carbocycles. The molecule has 2 atom stereocenters. The van der Waals surface area contributed by atoms with Crippen LogP contribution in [0.2, 0.25) is 39.3 Å². The van der Waals surface area contributed by atoms with Crippen molar-refractivity contribution in [3.05, 3.63) is 182 Å². The Labute approximate surface area is 378 Å². The van der Waals surface area contributed by atoms with Crippen molar-refractivity contribution >= 4 is 42.3 Å². The number of hydrogen-bond acceptors (Lipinski definition) is 7. The molecule has 0 N–H and O–H groups in total. The Morgan fingerprint density at radius 1 is 0.453 bits per heavy atom. The Morgan fingerprint density at radius 3 is 1.69 bits per heavy atom. The van der Waals surface area contributed by atoms with Gasteiger partial charge in [-0.25, -0.2) is 0 Å². The van der Waals surface area contributed by atoms with Crippen molar-refractivity contribution in [2.45, 2.75) is 83.7 Å². The third kappa shape index (κ3) is 5.74. The van der Waals surface area contributed by atoms with Crippen LogP contribution in [-0.4, -0.2) is 25.2 Å². The lowest BCUT2D eigenvalue weighted by Gasteiger charge is -2.29. The van der Waals surface area contributed by atoms with Crippen LogP contribution in [0.15, 0.2) is 155 Å². The van der Waals surface area contributed by atoms with Crippen LogP contribution in [0.1, 0.15) is 55.9 Å². The third-order valence-electron chi connectivity index (χ3n) is 14.6. The summed E-state index contributed by atoms with van der Waals surface area (Å²) in [5.41, 5.74) is 15.7. The van der Waals surface area contributed by atoms with Crippen molar-refractivity contribution in [2.75, 3.05) is 4.90 Å². The minimum absolute atomic E-state index is 0.0544. The van der Waals surface area contributed by atoms with Gasteiger partial charge in [-0.2, -0.15) is 0 Å². The molecule has 3 aliphatic heterocycles. The fraction of sp³-hybridized carbons (Fsp3) is 0.259. The van der Waals surface area contributed by atoms with Crippen molar-refractivity contribution < 1.29 is 0 Å². The van der Waals surface area contributed by atoms with E-state index >= 15 is 0 Å². The van der Waals surface area contributed by atoms with E-state index in [1.54, 1.807) is 0 Å².